The number of amides is 1. The third kappa shape index (κ3) is 5.12. The van der Waals surface area contributed by atoms with E-state index in [9.17, 15) is 18.0 Å². The zero-order valence-corrected chi connectivity index (χ0v) is 16.7. The fraction of sp³-hybridized carbons (Fsp3) is 0.250. The average Bonchev–Trinajstić information content (AvgIpc) is 3.19. The van der Waals surface area contributed by atoms with E-state index in [2.05, 4.69) is 15.3 Å². The number of para-hydroxylation sites is 1. The molecule has 0 radical (unpaired) electrons. The number of hydrogen-bond donors (Lipinski definition) is 2. The summed E-state index contributed by atoms with van der Waals surface area (Å²) in [6.07, 6.45) is -3.59. The lowest BCUT2D eigenvalue weighted by Crippen LogP contribution is -2.23. The molecule has 11 heteroatoms. The van der Waals surface area contributed by atoms with Gasteiger partial charge in [0.15, 0.2) is 5.69 Å². The van der Waals surface area contributed by atoms with Crippen LogP contribution in [0.5, 0.6) is 0 Å². The number of nitrogens with two attached hydrogens (primary N) is 1. The number of aromatic nitrogens is 2. The van der Waals surface area contributed by atoms with Crippen molar-refractivity contribution in [1.29, 1.82) is 0 Å². The molecule has 0 atom stereocenters. The van der Waals surface area contributed by atoms with Gasteiger partial charge in [0.05, 0.1) is 24.1 Å². The average molecular weight is 435 g/mol. The van der Waals surface area contributed by atoms with Gasteiger partial charge in [-0.2, -0.15) is 13.2 Å². The van der Waals surface area contributed by atoms with Crippen molar-refractivity contribution in [3.63, 3.8) is 0 Å². The highest BCUT2D eigenvalue weighted by Gasteiger charge is 2.42. The molecule has 0 aliphatic heterocycles. The summed E-state index contributed by atoms with van der Waals surface area (Å²) in [6.45, 7) is 1.09. The first kappa shape index (κ1) is 22.1. The third-order valence-electron chi connectivity index (χ3n) is 4.32. The smallest absolute Gasteiger partial charge is 0.431 e. The van der Waals surface area contributed by atoms with Crippen LogP contribution in [0.25, 0.3) is 11.5 Å². The van der Waals surface area contributed by atoms with Gasteiger partial charge in [-0.1, -0.05) is 12.1 Å². The van der Waals surface area contributed by atoms with Gasteiger partial charge in [0.25, 0.3) is 5.91 Å². The highest BCUT2D eigenvalue weighted by molar-refractivity contribution is 6.04. The number of likely N-dealkylation sites (N-methyl/N-ethyl adjacent to an activating group) is 1. The van der Waals surface area contributed by atoms with Crippen molar-refractivity contribution in [2.45, 2.75) is 6.18 Å². The molecular formula is C20H20F3N5O3. The molecule has 31 heavy (non-hydrogen) atoms. The molecule has 0 spiro atoms. The number of carbonyl (C=O) groups excluding carboxylic acids is 1. The van der Waals surface area contributed by atoms with Crippen molar-refractivity contribution in [3.05, 3.63) is 54.0 Å². The second kappa shape index (κ2) is 9.04. The monoisotopic (exact) mass is 435 g/mol. The van der Waals surface area contributed by atoms with Crippen molar-refractivity contribution >= 4 is 23.1 Å². The summed E-state index contributed by atoms with van der Waals surface area (Å²) in [5.74, 6) is -2.38. The molecule has 3 rings (SSSR count). The lowest BCUT2D eigenvalue weighted by atomic mass is 10.2. The zero-order chi connectivity index (χ0) is 22.6. The normalized spacial score (nSPS) is 11.4. The van der Waals surface area contributed by atoms with Crippen LogP contribution in [0, 0.1) is 0 Å². The second-order valence-electron chi connectivity index (χ2n) is 6.56. The summed E-state index contributed by atoms with van der Waals surface area (Å²) in [5, 5.41) is 2.36. The maximum absolute atomic E-state index is 13.4. The van der Waals surface area contributed by atoms with Gasteiger partial charge in [-0.25, -0.2) is 9.97 Å². The Labute approximate surface area is 175 Å². The highest BCUT2D eigenvalue weighted by Crippen LogP contribution is 2.36. The topological polar surface area (TPSA) is 107 Å². The molecule has 164 valence electrons. The largest absolute Gasteiger partial charge is 0.452 e. The number of nitrogens with zero attached hydrogens (tertiary/aromatic N) is 3. The van der Waals surface area contributed by atoms with E-state index >= 15 is 0 Å². The number of ether oxygens (including phenoxy) is 1. The number of hydrogen-bond acceptors (Lipinski definition) is 7. The molecule has 2 heterocycles. The second-order valence-corrected chi connectivity index (χ2v) is 6.56. The molecule has 3 aromatic rings. The van der Waals surface area contributed by atoms with Gasteiger partial charge in [0, 0.05) is 26.4 Å². The lowest BCUT2D eigenvalue weighted by Gasteiger charge is -2.17. The quantitative estimate of drug-likeness (QED) is 0.546. The number of oxazole rings is 1. The van der Waals surface area contributed by atoms with Crippen molar-refractivity contribution in [1.82, 2.24) is 9.97 Å². The van der Waals surface area contributed by atoms with Gasteiger partial charge in [-0.15, -0.1) is 0 Å². The summed E-state index contributed by atoms with van der Waals surface area (Å²) in [4.78, 5) is 22.3. The zero-order valence-electron chi connectivity index (χ0n) is 16.7. The van der Waals surface area contributed by atoms with E-state index in [1.807, 2.05) is 4.90 Å². The summed E-state index contributed by atoms with van der Waals surface area (Å²) < 4.78 is 50.2. The number of rotatable bonds is 7. The van der Waals surface area contributed by atoms with Crippen LogP contribution in [-0.4, -0.2) is 43.2 Å². The van der Waals surface area contributed by atoms with E-state index in [0.29, 0.717) is 19.0 Å². The van der Waals surface area contributed by atoms with Gasteiger partial charge in [0.1, 0.15) is 5.82 Å². The number of carbonyl (C=O) groups is 1. The molecule has 0 saturated heterocycles. The fourth-order valence-electron chi connectivity index (χ4n) is 2.69. The lowest BCUT2D eigenvalue weighted by molar-refractivity contribution is -0.153. The van der Waals surface area contributed by atoms with Gasteiger partial charge in [-0.3, -0.25) is 4.79 Å². The van der Waals surface area contributed by atoms with Crippen LogP contribution in [-0.2, 0) is 10.9 Å². The molecule has 0 aliphatic rings. The first-order valence-electron chi connectivity index (χ1n) is 9.11. The van der Waals surface area contributed by atoms with E-state index in [-0.39, 0.29) is 16.9 Å². The minimum Gasteiger partial charge on any atom is -0.431 e. The third-order valence-corrected chi connectivity index (χ3v) is 4.32. The predicted molar refractivity (Wildman–Crippen MR) is 109 cm³/mol. The number of benzene rings is 1. The van der Waals surface area contributed by atoms with E-state index in [0.717, 1.165) is 0 Å². The van der Waals surface area contributed by atoms with Crippen LogP contribution in [0.3, 0.4) is 0 Å². The number of anilines is 3. The molecule has 2 aromatic heterocycles. The van der Waals surface area contributed by atoms with E-state index in [1.165, 1.54) is 24.4 Å². The maximum atomic E-state index is 13.4. The van der Waals surface area contributed by atoms with Gasteiger partial charge >= 0.3 is 6.18 Å². The SMILES string of the molecule is COCCN(C)c1ccc(NC(=O)c2nc(-c3ccccc3N)oc2C(F)(F)F)cn1. The molecule has 0 aliphatic carbocycles. The molecule has 8 nitrogen and oxygen atoms in total. The van der Waals surface area contributed by atoms with Crippen LogP contribution in [0.15, 0.2) is 47.0 Å². The molecular weight excluding hydrogens is 415 g/mol. The van der Waals surface area contributed by atoms with E-state index in [1.54, 1.807) is 32.4 Å². The Balaban J connectivity index is 1.85. The number of halogens is 3. The Morgan fingerprint density at radius 2 is 2.00 bits per heavy atom. The number of alkyl halides is 3. The van der Waals surface area contributed by atoms with Crippen LogP contribution < -0.4 is 16.0 Å². The fourth-order valence-corrected chi connectivity index (χ4v) is 2.69. The molecule has 3 N–H and O–H groups in total. The number of pyridine rings is 1. The summed E-state index contributed by atoms with van der Waals surface area (Å²) in [5.41, 5.74) is 5.41. The van der Waals surface area contributed by atoms with Gasteiger partial charge in [-0.05, 0) is 24.3 Å². The molecule has 0 fully saturated rings. The number of methoxy groups -OCH3 is 1. The molecule has 0 bridgehead atoms. The van der Waals surface area contributed by atoms with Crippen LogP contribution in [0.1, 0.15) is 16.2 Å². The minimum absolute atomic E-state index is 0.150. The Morgan fingerprint density at radius 1 is 1.26 bits per heavy atom. The van der Waals surface area contributed by atoms with Crippen molar-refractivity contribution in [2.75, 3.05) is 43.3 Å². The van der Waals surface area contributed by atoms with Crippen LogP contribution in [0.4, 0.5) is 30.4 Å². The molecule has 0 unspecified atom stereocenters. The molecule has 1 aromatic carbocycles. The van der Waals surface area contributed by atoms with Crippen LogP contribution in [0.2, 0.25) is 0 Å². The van der Waals surface area contributed by atoms with Crippen LogP contribution >= 0.6 is 0 Å². The number of nitrogen functional groups attached to an aromatic ring is 1. The first-order chi connectivity index (χ1) is 14.7. The van der Waals surface area contributed by atoms with Crippen molar-refractivity contribution in [2.24, 2.45) is 0 Å². The Morgan fingerprint density at radius 3 is 2.61 bits per heavy atom. The standard InChI is InChI=1S/C20H20F3N5O3/c1-28(9-10-30-2)15-8-7-12(11-25-15)26-18(29)16-17(20(21,22)23)31-19(27-16)13-5-3-4-6-14(13)24/h3-8,11H,9-10,24H2,1-2H3,(H,26,29). The highest BCUT2D eigenvalue weighted by atomic mass is 19.4. The van der Waals surface area contributed by atoms with Gasteiger partial charge in [0.2, 0.25) is 11.7 Å². The first-order valence-corrected chi connectivity index (χ1v) is 9.11. The predicted octanol–water partition coefficient (Wildman–Crippen LogP) is 3.67. The maximum Gasteiger partial charge on any atom is 0.452 e. The van der Waals surface area contributed by atoms with E-state index < -0.39 is 29.4 Å². The summed E-state index contributed by atoms with van der Waals surface area (Å²) in [7, 11) is 3.39. The van der Waals surface area contributed by atoms with Crippen molar-refractivity contribution in [3.8, 4) is 11.5 Å². The Hall–Kier alpha value is -3.60. The molecule has 1 amide bonds. The Kier molecular flexibility index (Phi) is 6.44. The van der Waals surface area contributed by atoms with Gasteiger partial charge < -0.3 is 25.1 Å². The van der Waals surface area contributed by atoms with E-state index in [4.69, 9.17) is 14.9 Å². The Bertz CT molecular complexity index is 1050. The number of nitrogens with one attached hydrogen (secondary N) is 1. The summed E-state index contributed by atoms with van der Waals surface area (Å²) in [6, 6.07) is 9.26. The minimum atomic E-state index is -4.92. The summed E-state index contributed by atoms with van der Waals surface area (Å²) >= 11 is 0. The van der Waals surface area contributed by atoms with Crippen molar-refractivity contribution < 1.29 is 27.1 Å². The molecule has 0 saturated carbocycles.